The molecule has 5 heteroatoms. The molecule has 1 saturated heterocycles. The van der Waals surface area contributed by atoms with Crippen LogP contribution < -0.4 is 5.73 Å². The summed E-state index contributed by atoms with van der Waals surface area (Å²) >= 11 is 0. The number of anilines is 1. The predicted molar refractivity (Wildman–Crippen MR) is 61.9 cm³/mol. The zero-order chi connectivity index (χ0) is 11.9. The number of amides is 1. The lowest BCUT2D eigenvalue weighted by Crippen LogP contribution is -2.32. The first kappa shape index (κ1) is 11.0. The molecule has 0 bridgehead atoms. The van der Waals surface area contributed by atoms with E-state index in [4.69, 9.17) is 5.73 Å². The van der Waals surface area contributed by atoms with E-state index in [1.54, 1.807) is 11.7 Å². The minimum atomic E-state index is -0.0110. The van der Waals surface area contributed by atoms with Crippen molar-refractivity contribution in [1.29, 1.82) is 0 Å². The van der Waals surface area contributed by atoms with Gasteiger partial charge in [-0.25, -0.2) is 0 Å². The molecule has 1 aliphatic heterocycles. The minimum Gasteiger partial charge on any atom is -0.396 e. The highest BCUT2D eigenvalue weighted by molar-refractivity contribution is 5.97. The van der Waals surface area contributed by atoms with Gasteiger partial charge in [0.25, 0.3) is 5.91 Å². The van der Waals surface area contributed by atoms with Crippen LogP contribution in [0, 0.1) is 5.41 Å². The quantitative estimate of drug-likeness (QED) is 0.767. The van der Waals surface area contributed by atoms with E-state index in [-0.39, 0.29) is 11.3 Å². The first-order chi connectivity index (χ1) is 7.41. The number of hydrogen-bond donors (Lipinski definition) is 1. The monoisotopic (exact) mass is 222 g/mol. The third-order valence-electron chi connectivity index (χ3n) is 3.13. The lowest BCUT2D eigenvalue weighted by atomic mass is 9.93. The number of nitrogens with zero attached hydrogens (tertiary/aromatic N) is 3. The molecule has 1 aromatic rings. The van der Waals surface area contributed by atoms with Gasteiger partial charge in [-0.05, 0) is 11.8 Å². The van der Waals surface area contributed by atoms with Gasteiger partial charge in [-0.1, -0.05) is 13.8 Å². The van der Waals surface area contributed by atoms with Gasteiger partial charge in [0, 0.05) is 20.1 Å². The fourth-order valence-electron chi connectivity index (χ4n) is 2.15. The molecule has 0 radical (unpaired) electrons. The molecule has 2 rings (SSSR count). The van der Waals surface area contributed by atoms with Crippen LogP contribution in [-0.2, 0) is 7.05 Å². The average Bonchev–Trinajstić information content (AvgIpc) is 2.70. The fourth-order valence-corrected chi connectivity index (χ4v) is 2.15. The zero-order valence-electron chi connectivity index (χ0n) is 10.0. The largest absolute Gasteiger partial charge is 0.396 e. The summed E-state index contributed by atoms with van der Waals surface area (Å²) in [5.41, 5.74) is 6.91. The first-order valence-electron chi connectivity index (χ1n) is 5.47. The second kappa shape index (κ2) is 3.50. The van der Waals surface area contributed by atoms with Crippen LogP contribution in [0.3, 0.4) is 0 Å². The van der Waals surface area contributed by atoms with Crippen molar-refractivity contribution in [3.05, 3.63) is 11.9 Å². The molecule has 1 amide bonds. The number of aryl methyl sites for hydroxylation is 1. The van der Waals surface area contributed by atoms with Crippen molar-refractivity contribution in [2.75, 3.05) is 18.8 Å². The second-order valence-electron chi connectivity index (χ2n) is 5.21. The number of nitrogen functional groups attached to an aromatic ring is 1. The van der Waals surface area contributed by atoms with E-state index in [0.29, 0.717) is 11.4 Å². The summed E-state index contributed by atoms with van der Waals surface area (Å²) in [5.74, 6) is -0.0110. The molecule has 5 nitrogen and oxygen atoms in total. The summed E-state index contributed by atoms with van der Waals surface area (Å²) < 4.78 is 1.54. The number of carbonyl (C=O) groups excluding carboxylic acids is 1. The fraction of sp³-hybridized carbons (Fsp3) is 0.636. The maximum Gasteiger partial charge on any atom is 0.274 e. The van der Waals surface area contributed by atoms with Crippen LogP contribution in [-0.4, -0.2) is 33.7 Å². The summed E-state index contributed by atoms with van der Waals surface area (Å²) in [4.78, 5) is 14.1. The Bertz CT molecular complexity index is 402. The predicted octanol–water partition coefficient (Wildman–Crippen LogP) is 0.874. The van der Waals surface area contributed by atoms with Gasteiger partial charge < -0.3 is 10.6 Å². The second-order valence-corrected chi connectivity index (χ2v) is 5.21. The Morgan fingerprint density at radius 2 is 2.25 bits per heavy atom. The molecule has 2 heterocycles. The van der Waals surface area contributed by atoms with Gasteiger partial charge in [0.05, 0.1) is 11.9 Å². The first-order valence-corrected chi connectivity index (χ1v) is 5.47. The van der Waals surface area contributed by atoms with Crippen molar-refractivity contribution < 1.29 is 4.79 Å². The van der Waals surface area contributed by atoms with Gasteiger partial charge >= 0.3 is 0 Å². The Kier molecular flexibility index (Phi) is 2.40. The molecule has 0 atom stereocenters. The number of carbonyl (C=O) groups is 1. The maximum atomic E-state index is 12.2. The van der Waals surface area contributed by atoms with Gasteiger partial charge in [0.15, 0.2) is 0 Å². The van der Waals surface area contributed by atoms with Crippen LogP contribution in [0.4, 0.5) is 5.69 Å². The van der Waals surface area contributed by atoms with Crippen LogP contribution >= 0.6 is 0 Å². The van der Waals surface area contributed by atoms with Crippen LogP contribution in [0.15, 0.2) is 6.20 Å². The lowest BCUT2D eigenvalue weighted by molar-refractivity contribution is 0.0768. The number of aromatic nitrogens is 2. The van der Waals surface area contributed by atoms with Gasteiger partial charge in [-0.2, -0.15) is 5.10 Å². The summed E-state index contributed by atoms with van der Waals surface area (Å²) in [6.07, 6.45) is 2.56. The van der Waals surface area contributed by atoms with Crippen molar-refractivity contribution in [2.24, 2.45) is 12.5 Å². The zero-order valence-corrected chi connectivity index (χ0v) is 10.0. The molecule has 16 heavy (non-hydrogen) atoms. The van der Waals surface area contributed by atoms with Crippen molar-refractivity contribution in [3.8, 4) is 0 Å². The Labute approximate surface area is 95.2 Å². The van der Waals surface area contributed by atoms with E-state index < -0.39 is 0 Å². The van der Waals surface area contributed by atoms with E-state index >= 15 is 0 Å². The van der Waals surface area contributed by atoms with Crippen LogP contribution in [0.1, 0.15) is 30.8 Å². The van der Waals surface area contributed by atoms with Crippen molar-refractivity contribution in [3.63, 3.8) is 0 Å². The highest BCUT2D eigenvalue weighted by Crippen LogP contribution is 2.30. The van der Waals surface area contributed by atoms with E-state index in [9.17, 15) is 4.79 Å². The Morgan fingerprint density at radius 1 is 1.56 bits per heavy atom. The van der Waals surface area contributed by atoms with Crippen LogP contribution in [0.5, 0.6) is 0 Å². The van der Waals surface area contributed by atoms with E-state index in [2.05, 4.69) is 18.9 Å². The molecule has 0 aromatic carbocycles. The van der Waals surface area contributed by atoms with Crippen molar-refractivity contribution in [1.82, 2.24) is 14.7 Å². The molecule has 1 aromatic heterocycles. The molecular formula is C11H18N4O. The van der Waals surface area contributed by atoms with Gasteiger partial charge in [0.2, 0.25) is 0 Å². The third-order valence-corrected chi connectivity index (χ3v) is 3.13. The average molecular weight is 222 g/mol. The minimum absolute atomic E-state index is 0.0110. The normalized spacial score (nSPS) is 19.1. The third kappa shape index (κ3) is 1.77. The van der Waals surface area contributed by atoms with E-state index in [1.807, 2.05) is 4.90 Å². The van der Waals surface area contributed by atoms with Crippen LogP contribution in [0.25, 0.3) is 0 Å². The molecular weight excluding hydrogens is 204 g/mol. The molecule has 1 aliphatic rings. The Balaban J connectivity index is 2.21. The van der Waals surface area contributed by atoms with Crippen molar-refractivity contribution >= 4 is 11.6 Å². The van der Waals surface area contributed by atoms with E-state index in [0.717, 1.165) is 19.5 Å². The number of likely N-dealkylation sites (tertiary alicyclic amines) is 1. The van der Waals surface area contributed by atoms with Crippen LogP contribution in [0.2, 0.25) is 0 Å². The smallest absolute Gasteiger partial charge is 0.274 e. The number of hydrogen-bond acceptors (Lipinski definition) is 3. The summed E-state index contributed by atoms with van der Waals surface area (Å²) in [6.45, 7) is 5.94. The Hall–Kier alpha value is -1.52. The summed E-state index contributed by atoms with van der Waals surface area (Å²) in [7, 11) is 1.74. The van der Waals surface area contributed by atoms with E-state index in [1.165, 1.54) is 6.20 Å². The molecule has 2 N–H and O–H groups in total. The molecule has 0 spiro atoms. The molecule has 0 aliphatic carbocycles. The lowest BCUT2D eigenvalue weighted by Gasteiger charge is -2.20. The van der Waals surface area contributed by atoms with Gasteiger partial charge in [-0.15, -0.1) is 0 Å². The highest BCUT2D eigenvalue weighted by Gasteiger charge is 2.33. The molecule has 0 saturated carbocycles. The number of nitrogens with two attached hydrogens (primary N) is 1. The Morgan fingerprint density at radius 3 is 2.69 bits per heavy atom. The molecule has 1 fully saturated rings. The highest BCUT2D eigenvalue weighted by atomic mass is 16.2. The molecule has 0 unspecified atom stereocenters. The SMILES string of the molecule is Cn1ncc(N)c1C(=O)N1CCC(C)(C)C1. The molecule has 88 valence electrons. The van der Waals surface area contributed by atoms with Gasteiger partial charge in [-0.3, -0.25) is 9.48 Å². The van der Waals surface area contributed by atoms with Crippen molar-refractivity contribution in [2.45, 2.75) is 20.3 Å². The standard InChI is InChI=1S/C11H18N4O/c1-11(2)4-5-15(7-11)10(16)9-8(12)6-13-14(9)3/h6H,4-5,7,12H2,1-3H3. The maximum absolute atomic E-state index is 12.2. The number of rotatable bonds is 1. The topological polar surface area (TPSA) is 64.2 Å². The van der Waals surface area contributed by atoms with Gasteiger partial charge in [0.1, 0.15) is 5.69 Å². The summed E-state index contributed by atoms with van der Waals surface area (Å²) in [5, 5.41) is 3.99. The summed E-state index contributed by atoms with van der Waals surface area (Å²) in [6, 6.07) is 0.